The Labute approximate surface area is 545 Å². The Morgan fingerprint density at radius 3 is 1.19 bits per heavy atom. The topological polar surface area (TPSA) is 307 Å². The smallest absolute Gasteiger partial charge is 0.220 e. The molecule has 0 aromatic rings. The van der Waals surface area contributed by atoms with Gasteiger partial charge in [-0.15, -0.1) is 0 Å². The van der Waals surface area contributed by atoms with Gasteiger partial charge in [0.15, 0.2) is 18.9 Å². The highest BCUT2D eigenvalue weighted by molar-refractivity contribution is 5.76. The molecule has 0 aromatic carbocycles. The molecule has 0 bridgehead atoms. The molecule has 3 aliphatic rings. The summed E-state index contributed by atoms with van der Waals surface area (Å²) in [6, 6.07) is -0.985. The molecule has 19 nitrogen and oxygen atoms in total. The predicted molar refractivity (Wildman–Crippen MR) is 355 cm³/mol. The molecule has 17 unspecified atom stereocenters. The molecule has 0 spiro atoms. The largest absolute Gasteiger partial charge is 0.394 e. The molecular weight excluding hydrogens is 1170 g/mol. The Hall–Kier alpha value is -3.55. The maximum atomic E-state index is 13.4. The van der Waals surface area contributed by atoms with Gasteiger partial charge in [-0.05, 0) is 83.5 Å². The van der Waals surface area contributed by atoms with Gasteiger partial charge in [-0.1, -0.05) is 226 Å². The highest BCUT2D eigenvalue weighted by atomic mass is 16.8. The molecule has 3 rings (SSSR count). The fraction of sp³-hybridized carbons (Fsp3) is 0.736. The van der Waals surface area contributed by atoms with E-state index in [9.17, 15) is 61.0 Å². The third-order valence-electron chi connectivity index (χ3n) is 16.6. The zero-order chi connectivity index (χ0) is 66.1. The van der Waals surface area contributed by atoms with Crippen LogP contribution in [-0.2, 0) is 33.2 Å². The molecule has 1 amide bonds. The first-order chi connectivity index (χ1) is 44.3. The van der Waals surface area contributed by atoms with E-state index in [1.807, 2.05) is 6.08 Å². The quantitative estimate of drug-likeness (QED) is 0.0200. The van der Waals surface area contributed by atoms with Gasteiger partial charge in [0, 0.05) is 6.42 Å². The van der Waals surface area contributed by atoms with Gasteiger partial charge in [-0.3, -0.25) is 4.79 Å². The molecule has 522 valence electrons. The van der Waals surface area contributed by atoms with Crippen LogP contribution in [0.5, 0.6) is 0 Å². The molecule has 0 aliphatic carbocycles. The number of nitrogens with one attached hydrogen (secondary N) is 1. The zero-order valence-electron chi connectivity index (χ0n) is 55.0. The van der Waals surface area contributed by atoms with E-state index >= 15 is 0 Å². The minimum atomic E-state index is -1.98. The van der Waals surface area contributed by atoms with Gasteiger partial charge in [-0.25, -0.2) is 0 Å². The van der Waals surface area contributed by atoms with E-state index in [4.69, 9.17) is 28.4 Å². The first kappa shape index (κ1) is 81.7. The van der Waals surface area contributed by atoms with Crippen LogP contribution in [0, 0.1) is 0 Å². The first-order valence-electron chi connectivity index (χ1n) is 34.6. The Morgan fingerprint density at radius 1 is 0.407 bits per heavy atom. The van der Waals surface area contributed by atoms with Gasteiger partial charge >= 0.3 is 0 Å². The van der Waals surface area contributed by atoms with E-state index in [0.717, 1.165) is 116 Å². The molecule has 19 heteroatoms. The summed E-state index contributed by atoms with van der Waals surface area (Å²) >= 11 is 0. The van der Waals surface area contributed by atoms with Gasteiger partial charge in [-0.2, -0.15) is 0 Å². The lowest BCUT2D eigenvalue weighted by molar-refractivity contribution is -0.379. The van der Waals surface area contributed by atoms with E-state index in [0.29, 0.717) is 6.42 Å². The van der Waals surface area contributed by atoms with Crippen LogP contribution in [0.15, 0.2) is 109 Å². The number of allylic oxidation sites excluding steroid dienone is 17. The maximum Gasteiger partial charge on any atom is 0.220 e. The summed E-state index contributed by atoms with van der Waals surface area (Å²) in [6.45, 7) is 1.58. The van der Waals surface area contributed by atoms with E-state index < -0.39 is 124 Å². The number of rotatable bonds is 51. The number of aliphatic hydroxyl groups excluding tert-OH is 11. The summed E-state index contributed by atoms with van der Waals surface area (Å²) in [5, 5.41) is 120. The van der Waals surface area contributed by atoms with Crippen molar-refractivity contribution in [3.05, 3.63) is 109 Å². The molecule has 3 fully saturated rings. The third-order valence-corrected chi connectivity index (χ3v) is 16.6. The first-order valence-corrected chi connectivity index (χ1v) is 34.6. The van der Waals surface area contributed by atoms with Crippen LogP contribution in [0.4, 0.5) is 0 Å². The molecule has 17 atom stereocenters. The van der Waals surface area contributed by atoms with E-state index in [-0.39, 0.29) is 18.9 Å². The van der Waals surface area contributed by atoms with Crippen molar-refractivity contribution >= 4 is 5.91 Å². The summed E-state index contributed by atoms with van der Waals surface area (Å²) in [4.78, 5) is 13.4. The highest BCUT2D eigenvalue weighted by Crippen LogP contribution is 2.33. The van der Waals surface area contributed by atoms with Gasteiger partial charge < -0.3 is 89.9 Å². The summed E-state index contributed by atoms with van der Waals surface area (Å²) in [7, 11) is 0. The Kier molecular flexibility index (Phi) is 47.3. The second-order valence-electron chi connectivity index (χ2n) is 24.3. The summed E-state index contributed by atoms with van der Waals surface area (Å²) in [6.07, 6.45) is 43.5. The van der Waals surface area contributed by atoms with Crippen LogP contribution in [0.3, 0.4) is 0 Å². The lowest BCUT2D eigenvalue weighted by atomic mass is 9.96. The summed E-state index contributed by atoms with van der Waals surface area (Å²) in [5.74, 6) is -0.290. The van der Waals surface area contributed by atoms with Gasteiger partial charge in [0.1, 0.15) is 73.2 Å². The van der Waals surface area contributed by atoms with Crippen molar-refractivity contribution < 1.29 is 89.4 Å². The predicted octanol–water partition coefficient (Wildman–Crippen LogP) is 9.05. The summed E-state index contributed by atoms with van der Waals surface area (Å²) in [5.41, 5.74) is 0. The van der Waals surface area contributed by atoms with Crippen molar-refractivity contribution in [3.8, 4) is 0 Å². The number of amides is 1. The second kappa shape index (κ2) is 52.7. The van der Waals surface area contributed by atoms with E-state index in [1.165, 1.54) is 64.2 Å². The fourth-order valence-electron chi connectivity index (χ4n) is 11.0. The lowest BCUT2D eigenvalue weighted by Gasteiger charge is -2.48. The molecule has 0 saturated carbocycles. The van der Waals surface area contributed by atoms with Crippen LogP contribution in [0.2, 0.25) is 0 Å². The highest BCUT2D eigenvalue weighted by Gasteiger charge is 2.53. The number of hydrogen-bond donors (Lipinski definition) is 12. The average molecular weight is 1290 g/mol. The maximum absolute atomic E-state index is 13.4. The lowest BCUT2D eigenvalue weighted by Crippen LogP contribution is -2.66. The third kappa shape index (κ3) is 34.6. The van der Waals surface area contributed by atoms with Crippen LogP contribution in [0.1, 0.15) is 206 Å². The van der Waals surface area contributed by atoms with Crippen molar-refractivity contribution in [1.29, 1.82) is 0 Å². The summed E-state index contributed by atoms with van der Waals surface area (Å²) < 4.78 is 34.3. The van der Waals surface area contributed by atoms with Crippen molar-refractivity contribution in [3.63, 3.8) is 0 Å². The number of aliphatic hydroxyl groups is 11. The van der Waals surface area contributed by atoms with Crippen molar-refractivity contribution in [1.82, 2.24) is 5.32 Å². The molecule has 12 N–H and O–H groups in total. The number of unbranched alkanes of at least 4 members (excludes halogenated alkanes) is 19. The normalized spacial score (nSPS) is 28.6. The average Bonchev–Trinajstić information content (AvgIpc) is 0.871. The molecule has 0 radical (unpaired) electrons. The standard InChI is InChI=1S/C72H121NO18/c1-3-5-7-9-11-13-15-17-18-19-20-21-22-23-24-25-26-27-28-29-30-31-32-33-34-35-36-38-40-42-44-46-48-50-60(78)73-55(56(77)49-47-45-43-41-39-37-16-14-12-10-8-6-4-2)54-86-70-66(84)63(81)68(58(52-75)88-70)91-72-67(85)64(82)69(59(53-76)89-72)90-71-65(83)62(80)61(79)57(51-74)87-71/h5,7,11,13,17-18,20-21,23-24,26-27,29-30,32-33,47,49,55-59,61-72,74-77,79-85H,3-4,6,8-10,12,14-16,19,22,25,28,31,34-46,48,50-54H2,1-2H3,(H,73,78)/b7-5-,13-11-,18-17-,21-20-,24-23-,27-26-,30-29-,33-32-,49-47+. The number of ether oxygens (including phenoxy) is 6. The second-order valence-corrected chi connectivity index (χ2v) is 24.3. The molecule has 3 heterocycles. The molecule has 0 aromatic heterocycles. The van der Waals surface area contributed by atoms with Crippen molar-refractivity contribution in [2.75, 3.05) is 26.4 Å². The number of hydrogen-bond acceptors (Lipinski definition) is 18. The van der Waals surface area contributed by atoms with Crippen LogP contribution in [0.25, 0.3) is 0 Å². The monoisotopic (exact) mass is 1290 g/mol. The SMILES string of the molecule is CC/C=C\C/C=C\C/C=C\C/C=C\C/C=C\C/C=C\C/C=C\C/C=C\CCCCCCCCCCC(=O)NC(COC1OC(CO)C(OC2OC(CO)C(OC3OC(CO)C(O)C(O)C3O)C(O)C2O)C(O)C1O)C(O)/C=C/CCCCCCCCCCCCC. The van der Waals surface area contributed by atoms with Gasteiger partial charge in [0.05, 0.1) is 38.6 Å². The molecule has 91 heavy (non-hydrogen) atoms. The minimum Gasteiger partial charge on any atom is -0.394 e. The van der Waals surface area contributed by atoms with E-state index in [1.54, 1.807) is 6.08 Å². The fourth-order valence-corrected chi connectivity index (χ4v) is 11.0. The van der Waals surface area contributed by atoms with Crippen LogP contribution in [-0.4, -0.2) is 193 Å². The van der Waals surface area contributed by atoms with Crippen molar-refractivity contribution in [2.45, 2.75) is 311 Å². The zero-order valence-corrected chi connectivity index (χ0v) is 55.0. The van der Waals surface area contributed by atoms with Gasteiger partial charge in [0.25, 0.3) is 0 Å². The van der Waals surface area contributed by atoms with Gasteiger partial charge in [0.2, 0.25) is 5.91 Å². The Bertz CT molecular complexity index is 2070. The Balaban J connectivity index is 1.39. The minimum absolute atomic E-state index is 0.226. The van der Waals surface area contributed by atoms with E-state index in [2.05, 4.69) is 116 Å². The number of carbonyl (C=O) groups is 1. The van der Waals surface area contributed by atoms with Crippen LogP contribution >= 0.6 is 0 Å². The molecule has 3 aliphatic heterocycles. The molecular formula is C72H121NO18. The van der Waals surface area contributed by atoms with Crippen molar-refractivity contribution in [2.24, 2.45) is 0 Å². The molecule has 3 saturated heterocycles. The van der Waals surface area contributed by atoms with Crippen LogP contribution < -0.4 is 5.32 Å². The Morgan fingerprint density at radius 2 is 0.758 bits per heavy atom. The number of carbonyl (C=O) groups excluding carboxylic acids is 1.